The van der Waals surface area contributed by atoms with Gasteiger partial charge in [0.05, 0.1) is 0 Å². The van der Waals surface area contributed by atoms with Crippen LogP contribution in [0.4, 0.5) is 0 Å². The molecule has 0 radical (unpaired) electrons. The zero-order valence-electron chi connectivity index (χ0n) is 9.88. The zero-order chi connectivity index (χ0) is 11.4. The van der Waals surface area contributed by atoms with Crippen molar-refractivity contribution in [3.63, 3.8) is 0 Å². The van der Waals surface area contributed by atoms with Crippen molar-refractivity contribution in [2.45, 2.75) is 39.0 Å². The molecule has 0 saturated carbocycles. The van der Waals surface area contributed by atoms with Crippen LogP contribution in [-0.2, 0) is 24.1 Å². The van der Waals surface area contributed by atoms with Gasteiger partial charge in [-0.3, -0.25) is 4.79 Å². The van der Waals surface area contributed by atoms with Crippen LogP contribution in [0.5, 0.6) is 0 Å². The fourth-order valence-corrected chi connectivity index (χ4v) is 2.33. The molecule has 0 unspecified atom stereocenters. The molecule has 86 valence electrons. The summed E-state index contributed by atoms with van der Waals surface area (Å²) in [6, 6.07) is 6.78. The highest BCUT2D eigenvalue weighted by molar-refractivity contribution is 5.72. The van der Waals surface area contributed by atoms with E-state index in [1.807, 2.05) is 0 Å². The lowest BCUT2D eigenvalue weighted by molar-refractivity contribution is -0.118. The van der Waals surface area contributed by atoms with E-state index in [-0.39, 0.29) is 5.91 Å². The number of nitrogens with one attached hydrogen (secondary N) is 1. The minimum absolute atomic E-state index is 0.0537. The number of fused-ring (bicyclic) bond motifs is 1. The van der Waals surface area contributed by atoms with Gasteiger partial charge in [-0.1, -0.05) is 18.2 Å². The Morgan fingerprint density at radius 1 is 1.25 bits per heavy atom. The SMILES string of the molecule is CC(=O)NCCc1ccc2c(c1)CCCC2. The minimum Gasteiger partial charge on any atom is -0.356 e. The summed E-state index contributed by atoms with van der Waals surface area (Å²) in [5, 5.41) is 2.84. The van der Waals surface area contributed by atoms with E-state index >= 15 is 0 Å². The monoisotopic (exact) mass is 217 g/mol. The summed E-state index contributed by atoms with van der Waals surface area (Å²) in [7, 11) is 0. The molecule has 2 rings (SSSR count). The second-order valence-corrected chi connectivity index (χ2v) is 4.54. The summed E-state index contributed by atoms with van der Waals surface area (Å²) in [5.41, 5.74) is 4.38. The van der Waals surface area contributed by atoms with Crippen LogP contribution in [0.1, 0.15) is 36.5 Å². The molecule has 0 atom stereocenters. The number of amides is 1. The van der Waals surface area contributed by atoms with Crippen molar-refractivity contribution in [2.24, 2.45) is 0 Å². The third-order valence-electron chi connectivity index (χ3n) is 3.20. The van der Waals surface area contributed by atoms with Crippen molar-refractivity contribution in [1.29, 1.82) is 0 Å². The second-order valence-electron chi connectivity index (χ2n) is 4.54. The maximum Gasteiger partial charge on any atom is 0.216 e. The molecule has 0 aliphatic heterocycles. The van der Waals surface area contributed by atoms with Gasteiger partial charge in [-0.25, -0.2) is 0 Å². The summed E-state index contributed by atoms with van der Waals surface area (Å²) in [6.07, 6.45) is 6.05. The number of carbonyl (C=O) groups is 1. The van der Waals surface area contributed by atoms with Crippen LogP contribution in [0.25, 0.3) is 0 Å². The quantitative estimate of drug-likeness (QED) is 0.826. The van der Waals surface area contributed by atoms with E-state index in [1.54, 1.807) is 6.92 Å². The van der Waals surface area contributed by atoms with Crippen LogP contribution in [-0.4, -0.2) is 12.5 Å². The molecule has 2 heteroatoms. The Balaban J connectivity index is 1.97. The molecule has 0 fully saturated rings. The van der Waals surface area contributed by atoms with Crippen LogP contribution < -0.4 is 5.32 Å². The molecule has 1 aliphatic rings. The predicted molar refractivity (Wildman–Crippen MR) is 65.5 cm³/mol. The normalized spacial score (nSPS) is 14.3. The van der Waals surface area contributed by atoms with Gasteiger partial charge in [-0.05, 0) is 48.8 Å². The van der Waals surface area contributed by atoms with Crippen LogP contribution in [0.2, 0.25) is 0 Å². The lowest BCUT2D eigenvalue weighted by Gasteiger charge is -2.16. The number of hydrogen-bond acceptors (Lipinski definition) is 1. The highest BCUT2D eigenvalue weighted by atomic mass is 16.1. The number of carbonyl (C=O) groups excluding carboxylic acids is 1. The minimum atomic E-state index is 0.0537. The molecule has 1 amide bonds. The molecule has 16 heavy (non-hydrogen) atoms. The van der Waals surface area contributed by atoms with Gasteiger partial charge in [0.1, 0.15) is 0 Å². The van der Waals surface area contributed by atoms with Gasteiger partial charge in [-0.2, -0.15) is 0 Å². The highest BCUT2D eigenvalue weighted by Crippen LogP contribution is 2.22. The van der Waals surface area contributed by atoms with E-state index in [4.69, 9.17) is 0 Å². The van der Waals surface area contributed by atoms with E-state index in [9.17, 15) is 4.79 Å². The Kier molecular flexibility index (Phi) is 3.60. The molecule has 0 bridgehead atoms. The summed E-state index contributed by atoms with van der Waals surface area (Å²) < 4.78 is 0. The first-order chi connectivity index (χ1) is 7.75. The van der Waals surface area contributed by atoms with Crippen molar-refractivity contribution in [3.8, 4) is 0 Å². The van der Waals surface area contributed by atoms with Crippen LogP contribution in [0, 0.1) is 0 Å². The van der Waals surface area contributed by atoms with Crippen LogP contribution in [0.3, 0.4) is 0 Å². The topological polar surface area (TPSA) is 29.1 Å². The maximum atomic E-state index is 10.8. The van der Waals surface area contributed by atoms with Gasteiger partial charge in [0.2, 0.25) is 5.91 Å². The summed E-state index contributed by atoms with van der Waals surface area (Å²) >= 11 is 0. The molecule has 1 N–H and O–H groups in total. The standard InChI is InChI=1S/C14H19NO/c1-11(16)15-9-8-12-6-7-13-4-2-3-5-14(13)10-12/h6-7,10H,2-5,8-9H2,1H3,(H,15,16). The third kappa shape index (κ3) is 2.84. The summed E-state index contributed by atoms with van der Waals surface area (Å²) in [5.74, 6) is 0.0537. The molecular formula is C14H19NO. The fraction of sp³-hybridized carbons (Fsp3) is 0.500. The number of aryl methyl sites for hydroxylation is 2. The van der Waals surface area contributed by atoms with E-state index < -0.39 is 0 Å². The van der Waals surface area contributed by atoms with Gasteiger partial charge < -0.3 is 5.32 Å². The fourth-order valence-electron chi connectivity index (χ4n) is 2.33. The molecule has 0 aromatic heterocycles. The molecule has 1 aromatic carbocycles. The smallest absolute Gasteiger partial charge is 0.216 e. The van der Waals surface area contributed by atoms with Crippen molar-refractivity contribution in [1.82, 2.24) is 5.32 Å². The Morgan fingerprint density at radius 2 is 2.00 bits per heavy atom. The molecule has 1 aliphatic carbocycles. The van der Waals surface area contributed by atoms with Gasteiger partial charge in [0.15, 0.2) is 0 Å². The average molecular weight is 217 g/mol. The van der Waals surface area contributed by atoms with Crippen LogP contribution >= 0.6 is 0 Å². The predicted octanol–water partition coefficient (Wildman–Crippen LogP) is 2.24. The van der Waals surface area contributed by atoms with Gasteiger partial charge in [0, 0.05) is 13.5 Å². The lowest BCUT2D eigenvalue weighted by Crippen LogP contribution is -2.22. The van der Waals surface area contributed by atoms with Crippen molar-refractivity contribution in [2.75, 3.05) is 6.54 Å². The Morgan fingerprint density at radius 3 is 2.75 bits per heavy atom. The number of benzene rings is 1. The first kappa shape index (κ1) is 11.2. The van der Waals surface area contributed by atoms with E-state index in [0.717, 1.165) is 13.0 Å². The molecule has 0 heterocycles. The van der Waals surface area contributed by atoms with Crippen molar-refractivity contribution >= 4 is 5.91 Å². The zero-order valence-corrected chi connectivity index (χ0v) is 9.88. The first-order valence-electron chi connectivity index (χ1n) is 6.11. The Labute approximate surface area is 97.1 Å². The number of rotatable bonds is 3. The molecule has 2 nitrogen and oxygen atoms in total. The number of hydrogen-bond donors (Lipinski definition) is 1. The first-order valence-corrected chi connectivity index (χ1v) is 6.11. The third-order valence-corrected chi connectivity index (χ3v) is 3.20. The summed E-state index contributed by atoms with van der Waals surface area (Å²) in [6.45, 7) is 2.31. The summed E-state index contributed by atoms with van der Waals surface area (Å²) in [4.78, 5) is 10.8. The molecule has 1 aromatic rings. The van der Waals surface area contributed by atoms with E-state index in [2.05, 4.69) is 23.5 Å². The van der Waals surface area contributed by atoms with Gasteiger partial charge >= 0.3 is 0 Å². The van der Waals surface area contributed by atoms with Crippen molar-refractivity contribution in [3.05, 3.63) is 34.9 Å². The Bertz CT molecular complexity index is 384. The molecule has 0 spiro atoms. The van der Waals surface area contributed by atoms with E-state index in [0.29, 0.717) is 0 Å². The maximum absolute atomic E-state index is 10.8. The van der Waals surface area contributed by atoms with Gasteiger partial charge in [0.25, 0.3) is 0 Å². The Hall–Kier alpha value is -1.31. The molecule has 0 saturated heterocycles. The molecular weight excluding hydrogens is 198 g/mol. The largest absolute Gasteiger partial charge is 0.356 e. The van der Waals surface area contributed by atoms with Gasteiger partial charge in [-0.15, -0.1) is 0 Å². The highest BCUT2D eigenvalue weighted by Gasteiger charge is 2.09. The second kappa shape index (κ2) is 5.15. The average Bonchev–Trinajstić information content (AvgIpc) is 2.28. The van der Waals surface area contributed by atoms with E-state index in [1.165, 1.54) is 42.4 Å². The van der Waals surface area contributed by atoms with Crippen LogP contribution in [0.15, 0.2) is 18.2 Å². The lowest BCUT2D eigenvalue weighted by atomic mass is 9.90. The van der Waals surface area contributed by atoms with Crippen molar-refractivity contribution < 1.29 is 4.79 Å².